The molecule has 0 aromatic carbocycles. The van der Waals surface area contributed by atoms with Crippen LogP contribution in [0, 0.1) is 0 Å². The van der Waals surface area contributed by atoms with Crippen molar-refractivity contribution in [2.45, 2.75) is 45.4 Å². The van der Waals surface area contributed by atoms with E-state index in [0.717, 1.165) is 30.7 Å². The summed E-state index contributed by atoms with van der Waals surface area (Å²) >= 11 is 1.36. The normalized spacial score (nSPS) is 10.2. The van der Waals surface area contributed by atoms with E-state index in [4.69, 9.17) is 5.11 Å². The number of aryl methyl sites for hydroxylation is 1. The standard InChI is InChI=1S/C12H20N4O3S/c1-2-9-15-16-12(20-9)14-11(19)13-8-6-4-3-5-7-10(17)18/h2-8H2,1H3,(H,17,18)(H2,13,14,16,19). The van der Waals surface area contributed by atoms with E-state index in [1.165, 1.54) is 11.3 Å². The highest BCUT2D eigenvalue weighted by Gasteiger charge is 2.06. The van der Waals surface area contributed by atoms with Gasteiger partial charge in [-0.1, -0.05) is 31.1 Å². The molecule has 20 heavy (non-hydrogen) atoms. The molecule has 0 fully saturated rings. The molecule has 3 N–H and O–H groups in total. The lowest BCUT2D eigenvalue weighted by molar-refractivity contribution is -0.137. The first-order chi connectivity index (χ1) is 9.61. The summed E-state index contributed by atoms with van der Waals surface area (Å²) in [6.07, 6.45) is 4.32. The molecule has 1 heterocycles. The molecule has 0 aliphatic heterocycles. The minimum absolute atomic E-state index is 0.213. The Balaban J connectivity index is 2.04. The zero-order valence-corrected chi connectivity index (χ0v) is 12.3. The molecule has 0 aliphatic carbocycles. The topological polar surface area (TPSA) is 104 Å². The maximum Gasteiger partial charge on any atom is 0.321 e. The van der Waals surface area contributed by atoms with Crippen LogP contribution in [0.5, 0.6) is 0 Å². The van der Waals surface area contributed by atoms with Crippen molar-refractivity contribution in [2.24, 2.45) is 0 Å². The fraction of sp³-hybridized carbons (Fsp3) is 0.667. The first-order valence-electron chi connectivity index (χ1n) is 6.71. The average Bonchev–Trinajstić information content (AvgIpc) is 2.85. The lowest BCUT2D eigenvalue weighted by Gasteiger charge is -2.04. The van der Waals surface area contributed by atoms with Gasteiger partial charge < -0.3 is 10.4 Å². The maximum atomic E-state index is 11.5. The molecule has 7 nitrogen and oxygen atoms in total. The summed E-state index contributed by atoms with van der Waals surface area (Å²) in [5.41, 5.74) is 0. The van der Waals surface area contributed by atoms with Gasteiger partial charge in [0, 0.05) is 13.0 Å². The van der Waals surface area contributed by atoms with Crippen molar-refractivity contribution in [3.8, 4) is 0 Å². The third kappa shape index (κ3) is 7.03. The van der Waals surface area contributed by atoms with E-state index < -0.39 is 5.97 Å². The Bertz CT molecular complexity index is 436. The van der Waals surface area contributed by atoms with Gasteiger partial charge in [0.15, 0.2) is 0 Å². The first kappa shape index (κ1) is 16.4. The monoisotopic (exact) mass is 300 g/mol. The molecule has 0 aliphatic rings. The van der Waals surface area contributed by atoms with Crippen LogP contribution in [-0.4, -0.2) is 33.8 Å². The fourth-order valence-electron chi connectivity index (χ4n) is 1.55. The number of carboxylic acids is 1. The maximum absolute atomic E-state index is 11.5. The molecule has 0 radical (unpaired) electrons. The van der Waals surface area contributed by atoms with E-state index in [0.29, 0.717) is 18.1 Å². The van der Waals surface area contributed by atoms with Gasteiger partial charge in [0.1, 0.15) is 5.01 Å². The van der Waals surface area contributed by atoms with E-state index in [9.17, 15) is 9.59 Å². The number of nitrogens with one attached hydrogen (secondary N) is 2. The van der Waals surface area contributed by atoms with E-state index >= 15 is 0 Å². The first-order valence-corrected chi connectivity index (χ1v) is 7.52. The van der Waals surface area contributed by atoms with Gasteiger partial charge in [-0.25, -0.2) is 4.79 Å². The van der Waals surface area contributed by atoms with Gasteiger partial charge >= 0.3 is 12.0 Å². The minimum atomic E-state index is -0.758. The molecule has 0 atom stereocenters. The third-order valence-corrected chi connectivity index (χ3v) is 3.58. The van der Waals surface area contributed by atoms with Crippen molar-refractivity contribution >= 4 is 28.5 Å². The summed E-state index contributed by atoms with van der Waals surface area (Å²) in [7, 11) is 0. The van der Waals surface area contributed by atoms with Crippen LogP contribution in [0.15, 0.2) is 0 Å². The van der Waals surface area contributed by atoms with Gasteiger partial charge in [-0.15, -0.1) is 10.2 Å². The summed E-state index contributed by atoms with van der Waals surface area (Å²) in [5, 5.41) is 23.0. The second-order valence-electron chi connectivity index (χ2n) is 4.29. The van der Waals surface area contributed by atoms with Crippen LogP contribution in [0.3, 0.4) is 0 Å². The summed E-state index contributed by atoms with van der Waals surface area (Å²) < 4.78 is 0. The van der Waals surface area contributed by atoms with Gasteiger partial charge in [-0.05, 0) is 19.3 Å². The zero-order chi connectivity index (χ0) is 14.8. The Labute approximate surface area is 121 Å². The highest BCUT2D eigenvalue weighted by atomic mass is 32.1. The summed E-state index contributed by atoms with van der Waals surface area (Å²) in [5.74, 6) is -0.758. The molecule has 1 aromatic heterocycles. The van der Waals surface area contributed by atoms with Crippen molar-refractivity contribution in [2.75, 3.05) is 11.9 Å². The van der Waals surface area contributed by atoms with E-state index in [1.54, 1.807) is 0 Å². The van der Waals surface area contributed by atoms with E-state index in [2.05, 4.69) is 20.8 Å². The predicted octanol–water partition coefficient (Wildman–Crippen LogP) is 2.26. The van der Waals surface area contributed by atoms with Crippen LogP contribution in [0.2, 0.25) is 0 Å². The highest BCUT2D eigenvalue weighted by molar-refractivity contribution is 7.15. The number of carbonyl (C=O) groups excluding carboxylic acids is 1. The lowest BCUT2D eigenvalue weighted by Crippen LogP contribution is -2.29. The number of unbranched alkanes of at least 4 members (excludes halogenated alkanes) is 3. The molecular weight excluding hydrogens is 280 g/mol. The Morgan fingerprint density at radius 3 is 2.60 bits per heavy atom. The fourth-order valence-corrected chi connectivity index (χ4v) is 2.22. The molecule has 0 saturated carbocycles. The molecule has 0 saturated heterocycles. The summed E-state index contributed by atoms with van der Waals surface area (Å²) in [4.78, 5) is 21.8. The number of carbonyl (C=O) groups is 2. The number of urea groups is 1. The molecule has 0 unspecified atom stereocenters. The van der Waals surface area contributed by atoms with Crippen LogP contribution in [-0.2, 0) is 11.2 Å². The molecule has 2 amide bonds. The second-order valence-corrected chi connectivity index (χ2v) is 5.36. The predicted molar refractivity (Wildman–Crippen MR) is 77.0 cm³/mol. The van der Waals surface area contributed by atoms with Crippen LogP contribution in [0.4, 0.5) is 9.93 Å². The number of amides is 2. The van der Waals surface area contributed by atoms with Crippen molar-refractivity contribution in [3.05, 3.63) is 5.01 Å². The number of anilines is 1. The SMILES string of the molecule is CCc1nnc(NC(=O)NCCCCCCC(=O)O)s1. The van der Waals surface area contributed by atoms with Crippen LogP contribution < -0.4 is 10.6 Å². The Hall–Kier alpha value is -1.70. The number of aliphatic carboxylic acids is 1. The molecule has 8 heteroatoms. The van der Waals surface area contributed by atoms with Gasteiger partial charge in [0.2, 0.25) is 5.13 Å². The van der Waals surface area contributed by atoms with Gasteiger partial charge in [0.05, 0.1) is 0 Å². The zero-order valence-electron chi connectivity index (χ0n) is 11.5. The number of aromatic nitrogens is 2. The van der Waals surface area contributed by atoms with Crippen molar-refractivity contribution in [1.82, 2.24) is 15.5 Å². The molecule has 1 aromatic rings. The molecule has 112 valence electrons. The summed E-state index contributed by atoms with van der Waals surface area (Å²) in [6.45, 7) is 2.55. The average molecular weight is 300 g/mol. The van der Waals surface area contributed by atoms with Gasteiger partial charge in [-0.2, -0.15) is 0 Å². The Morgan fingerprint density at radius 2 is 1.95 bits per heavy atom. The Kier molecular flexibility index (Phi) is 7.56. The number of carboxylic acid groups (broad SMARTS) is 1. The highest BCUT2D eigenvalue weighted by Crippen LogP contribution is 2.14. The van der Waals surface area contributed by atoms with Crippen molar-refractivity contribution < 1.29 is 14.7 Å². The lowest BCUT2D eigenvalue weighted by atomic mass is 10.1. The molecule has 0 bridgehead atoms. The van der Waals surface area contributed by atoms with E-state index in [1.807, 2.05) is 6.92 Å². The van der Waals surface area contributed by atoms with Crippen molar-refractivity contribution in [3.63, 3.8) is 0 Å². The largest absolute Gasteiger partial charge is 0.481 e. The number of nitrogens with zero attached hydrogens (tertiary/aromatic N) is 2. The number of rotatable bonds is 9. The van der Waals surface area contributed by atoms with Crippen LogP contribution in [0.1, 0.15) is 44.0 Å². The van der Waals surface area contributed by atoms with Crippen LogP contribution >= 0.6 is 11.3 Å². The van der Waals surface area contributed by atoms with Gasteiger partial charge in [-0.3, -0.25) is 10.1 Å². The smallest absolute Gasteiger partial charge is 0.321 e. The molecule has 1 rings (SSSR count). The molecular formula is C12H20N4O3S. The second kappa shape index (κ2) is 9.24. The van der Waals surface area contributed by atoms with Gasteiger partial charge in [0.25, 0.3) is 0 Å². The van der Waals surface area contributed by atoms with Crippen molar-refractivity contribution in [1.29, 1.82) is 0 Å². The third-order valence-electron chi connectivity index (χ3n) is 2.59. The Morgan fingerprint density at radius 1 is 1.20 bits per heavy atom. The minimum Gasteiger partial charge on any atom is -0.481 e. The van der Waals surface area contributed by atoms with E-state index in [-0.39, 0.29) is 12.5 Å². The van der Waals surface area contributed by atoms with Crippen LogP contribution in [0.25, 0.3) is 0 Å². The number of hydrogen-bond acceptors (Lipinski definition) is 5. The quantitative estimate of drug-likeness (QED) is 0.607. The number of hydrogen-bond donors (Lipinski definition) is 3. The molecule has 0 spiro atoms. The summed E-state index contributed by atoms with van der Waals surface area (Å²) in [6, 6.07) is -0.283.